The molecule has 0 aliphatic carbocycles. The summed E-state index contributed by atoms with van der Waals surface area (Å²) in [5, 5.41) is 3.43. The fourth-order valence-electron chi connectivity index (χ4n) is 2.85. The van der Waals surface area contributed by atoms with Gasteiger partial charge in [0.15, 0.2) is 0 Å². The average molecular weight is 317 g/mol. The molecule has 2 aromatic carbocycles. The van der Waals surface area contributed by atoms with Crippen LogP contribution in [-0.2, 0) is 5.41 Å². The van der Waals surface area contributed by atoms with Gasteiger partial charge in [0.2, 0.25) is 0 Å². The van der Waals surface area contributed by atoms with Crippen LogP contribution in [0, 0.1) is 0 Å². The Bertz CT molecular complexity index is 774. The number of anilines is 2. The maximum absolute atomic E-state index is 10.9. The van der Waals surface area contributed by atoms with Crippen molar-refractivity contribution in [1.29, 1.82) is 0 Å². The Kier molecular flexibility index (Phi) is 5.54. The maximum atomic E-state index is 10.9. The van der Waals surface area contributed by atoms with Crippen LogP contribution in [0.3, 0.4) is 0 Å². The largest absolute Gasteiger partial charge is 0.355 e. The third-order valence-electron chi connectivity index (χ3n) is 4.11. The molecular formula is C22H23NO. The number of benzene rings is 2. The molecule has 0 fully saturated rings. The minimum Gasteiger partial charge on any atom is -0.355 e. The fraction of sp³-hybridized carbons (Fsp3) is 0.136. The molecule has 122 valence electrons. The van der Waals surface area contributed by atoms with E-state index in [0.717, 1.165) is 23.2 Å². The molecule has 2 heteroatoms. The first kappa shape index (κ1) is 17.5. The standard InChI is InChI=1S/C16H15NO.C6H8/c1-16(2)12-5-3-4-6-14(12)17-15-8-7-11(10-18)9-13(15)16;1-3-5-6-4-2/h3-10,17H,1-2H3;3-6H,1-2H2/b;6-5-. The molecule has 3 rings (SSSR count). The summed E-state index contributed by atoms with van der Waals surface area (Å²) in [5.74, 6) is 0. The van der Waals surface area contributed by atoms with Crippen LogP contribution in [0.1, 0.15) is 35.3 Å². The summed E-state index contributed by atoms with van der Waals surface area (Å²) in [7, 11) is 0. The topological polar surface area (TPSA) is 29.1 Å². The highest BCUT2D eigenvalue weighted by molar-refractivity contribution is 5.81. The molecule has 0 radical (unpaired) electrons. The van der Waals surface area contributed by atoms with Crippen LogP contribution in [0.15, 0.2) is 79.9 Å². The number of fused-ring (bicyclic) bond motifs is 2. The number of rotatable bonds is 3. The highest BCUT2D eigenvalue weighted by Gasteiger charge is 2.32. The van der Waals surface area contributed by atoms with E-state index >= 15 is 0 Å². The second-order valence-corrected chi connectivity index (χ2v) is 6.07. The van der Waals surface area contributed by atoms with Crippen LogP contribution in [0.2, 0.25) is 0 Å². The number of carbonyl (C=O) groups is 1. The summed E-state index contributed by atoms with van der Waals surface area (Å²) in [6.07, 6.45) is 7.97. The number of carbonyl (C=O) groups excluding carboxylic acids is 1. The highest BCUT2D eigenvalue weighted by atomic mass is 16.1. The first-order chi connectivity index (χ1) is 11.5. The molecule has 0 aromatic heterocycles. The van der Waals surface area contributed by atoms with Gasteiger partial charge in [-0.25, -0.2) is 0 Å². The molecule has 1 heterocycles. The zero-order valence-electron chi connectivity index (χ0n) is 14.3. The lowest BCUT2D eigenvalue weighted by atomic mass is 9.74. The third-order valence-corrected chi connectivity index (χ3v) is 4.11. The Morgan fingerprint density at radius 2 is 1.54 bits per heavy atom. The summed E-state index contributed by atoms with van der Waals surface area (Å²) in [6.45, 7) is 11.3. The fourth-order valence-corrected chi connectivity index (χ4v) is 2.85. The molecule has 1 aliphatic rings. The number of nitrogens with one attached hydrogen (secondary N) is 1. The lowest BCUT2D eigenvalue weighted by Gasteiger charge is -2.35. The molecule has 0 saturated carbocycles. The van der Waals surface area contributed by atoms with Gasteiger partial charge in [0.1, 0.15) is 6.29 Å². The van der Waals surface area contributed by atoms with Crippen molar-refractivity contribution >= 4 is 17.7 Å². The molecule has 0 atom stereocenters. The van der Waals surface area contributed by atoms with Gasteiger partial charge in [0.25, 0.3) is 0 Å². The number of hydrogen-bond acceptors (Lipinski definition) is 2. The molecule has 2 aromatic rings. The van der Waals surface area contributed by atoms with E-state index in [4.69, 9.17) is 0 Å². The minimum atomic E-state index is -0.0871. The van der Waals surface area contributed by atoms with Gasteiger partial charge in [-0.1, -0.05) is 69.5 Å². The first-order valence-corrected chi connectivity index (χ1v) is 7.91. The van der Waals surface area contributed by atoms with E-state index in [2.05, 4.69) is 50.5 Å². The van der Waals surface area contributed by atoms with Gasteiger partial charge in [0, 0.05) is 22.4 Å². The van der Waals surface area contributed by atoms with E-state index in [9.17, 15) is 4.79 Å². The zero-order chi connectivity index (χ0) is 17.6. The van der Waals surface area contributed by atoms with Crippen LogP contribution < -0.4 is 5.32 Å². The predicted octanol–water partition coefficient (Wildman–Crippen LogP) is 5.80. The van der Waals surface area contributed by atoms with Crippen LogP contribution in [-0.4, -0.2) is 6.29 Å². The van der Waals surface area contributed by atoms with Crippen LogP contribution in [0.5, 0.6) is 0 Å². The van der Waals surface area contributed by atoms with Crippen molar-refractivity contribution in [2.24, 2.45) is 0 Å². The Labute approximate surface area is 144 Å². The van der Waals surface area contributed by atoms with Gasteiger partial charge >= 0.3 is 0 Å². The van der Waals surface area contributed by atoms with Crippen molar-refractivity contribution in [2.75, 3.05) is 5.32 Å². The summed E-state index contributed by atoms with van der Waals surface area (Å²) in [4.78, 5) is 10.9. The second-order valence-electron chi connectivity index (χ2n) is 6.07. The number of allylic oxidation sites excluding steroid dienone is 4. The molecular weight excluding hydrogens is 294 g/mol. The smallest absolute Gasteiger partial charge is 0.150 e. The second kappa shape index (κ2) is 7.60. The first-order valence-electron chi connectivity index (χ1n) is 7.91. The molecule has 0 spiro atoms. The van der Waals surface area contributed by atoms with E-state index in [1.54, 1.807) is 12.2 Å². The lowest BCUT2D eigenvalue weighted by Crippen LogP contribution is -2.26. The summed E-state index contributed by atoms with van der Waals surface area (Å²) in [6, 6.07) is 14.1. The van der Waals surface area contributed by atoms with Gasteiger partial charge in [-0.2, -0.15) is 0 Å². The van der Waals surface area contributed by atoms with E-state index < -0.39 is 0 Å². The number of hydrogen-bond donors (Lipinski definition) is 1. The third kappa shape index (κ3) is 3.54. The van der Waals surface area contributed by atoms with Crippen LogP contribution in [0.25, 0.3) is 0 Å². The summed E-state index contributed by atoms with van der Waals surface area (Å²) in [5.41, 5.74) is 5.31. The van der Waals surface area contributed by atoms with Crippen molar-refractivity contribution in [2.45, 2.75) is 19.3 Å². The van der Waals surface area contributed by atoms with Gasteiger partial charge in [-0.15, -0.1) is 0 Å². The van der Waals surface area contributed by atoms with E-state index in [0.29, 0.717) is 0 Å². The normalized spacial score (nSPS) is 13.6. The van der Waals surface area contributed by atoms with Crippen LogP contribution >= 0.6 is 0 Å². The highest BCUT2D eigenvalue weighted by Crippen LogP contribution is 2.45. The van der Waals surface area contributed by atoms with Gasteiger partial charge in [0.05, 0.1) is 0 Å². The Balaban J connectivity index is 0.000000301. The number of aldehydes is 1. The van der Waals surface area contributed by atoms with Gasteiger partial charge in [-0.3, -0.25) is 4.79 Å². The van der Waals surface area contributed by atoms with Crippen molar-refractivity contribution in [3.8, 4) is 0 Å². The van der Waals surface area contributed by atoms with Crippen molar-refractivity contribution < 1.29 is 4.79 Å². The zero-order valence-corrected chi connectivity index (χ0v) is 14.3. The van der Waals surface area contributed by atoms with Gasteiger partial charge in [-0.05, 0) is 35.4 Å². The predicted molar refractivity (Wildman–Crippen MR) is 103 cm³/mol. The number of para-hydroxylation sites is 1. The summed E-state index contributed by atoms with van der Waals surface area (Å²) < 4.78 is 0. The molecule has 24 heavy (non-hydrogen) atoms. The Hall–Kier alpha value is -2.87. The van der Waals surface area contributed by atoms with Crippen molar-refractivity contribution in [1.82, 2.24) is 0 Å². The van der Waals surface area contributed by atoms with Crippen LogP contribution in [0.4, 0.5) is 11.4 Å². The van der Waals surface area contributed by atoms with E-state index in [-0.39, 0.29) is 5.41 Å². The SMILES string of the molecule is C=C/C=C\C=C.CC1(C)c2ccccc2Nc2ccc(C=O)cc21. The Morgan fingerprint density at radius 3 is 2.17 bits per heavy atom. The monoisotopic (exact) mass is 317 g/mol. The van der Waals surface area contributed by atoms with E-state index in [1.807, 2.05) is 36.4 Å². The molecule has 0 amide bonds. The molecule has 0 unspecified atom stereocenters. The molecule has 1 N–H and O–H groups in total. The maximum Gasteiger partial charge on any atom is 0.150 e. The Morgan fingerprint density at radius 1 is 0.917 bits per heavy atom. The van der Waals surface area contributed by atoms with Gasteiger partial charge < -0.3 is 5.32 Å². The summed E-state index contributed by atoms with van der Waals surface area (Å²) >= 11 is 0. The van der Waals surface area contributed by atoms with Crippen molar-refractivity contribution in [3.05, 3.63) is 96.6 Å². The van der Waals surface area contributed by atoms with Crippen molar-refractivity contribution in [3.63, 3.8) is 0 Å². The quantitative estimate of drug-likeness (QED) is 0.573. The minimum absolute atomic E-state index is 0.0871. The molecule has 0 bridgehead atoms. The lowest BCUT2D eigenvalue weighted by molar-refractivity contribution is 0.112. The molecule has 0 saturated heterocycles. The molecule has 2 nitrogen and oxygen atoms in total. The van der Waals surface area contributed by atoms with E-state index in [1.165, 1.54) is 11.1 Å². The molecule has 1 aliphatic heterocycles. The average Bonchev–Trinajstić information content (AvgIpc) is 2.60.